The largest absolute Gasteiger partial charge is 0.0814 e. The first-order valence-corrected chi connectivity index (χ1v) is 6.14. The van der Waals surface area contributed by atoms with Crippen LogP contribution in [0.1, 0.15) is 45.7 Å². The van der Waals surface area contributed by atoms with Crippen LogP contribution >= 0.6 is 0 Å². The van der Waals surface area contributed by atoms with Crippen LogP contribution in [0.5, 0.6) is 0 Å². The summed E-state index contributed by atoms with van der Waals surface area (Å²) in [7, 11) is 0. The molecule has 0 bridgehead atoms. The Labute approximate surface area is 100 Å². The summed E-state index contributed by atoms with van der Waals surface area (Å²) >= 11 is 0. The summed E-state index contributed by atoms with van der Waals surface area (Å²) < 4.78 is 0. The Balaban J connectivity index is 2.68. The maximum atomic E-state index is 2.28. The van der Waals surface area contributed by atoms with E-state index in [2.05, 4.69) is 71.0 Å². The van der Waals surface area contributed by atoms with Gasteiger partial charge in [-0.25, -0.2) is 0 Å². The van der Waals surface area contributed by atoms with E-state index in [-0.39, 0.29) is 0 Å². The van der Waals surface area contributed by atoms with Gasteiger partial charge in [0.25, 0.3) is 0 Å². The summed E-state index contributed by atoms with van der Waals surface area (Å²) in [5.74, 6) is 0.620. The fourth-order valence-corrected chi connectivity index (χ4v) is 1.66. The molecule has 0 N–H and O–H groups in total. The van der Waals surface area contributed by atoms with Gasteiger partial charge >= 0.3 is 0 Å². The fourth-order valence-electron chi connectivity index (χ4n) is 1.66. The van der Waals surface area contributed by atoms with Gasteiger partial charge in [0.1, 0.15) is 0 Å². The zero-order chi connectivity index (χ0) is 12.2. The molecule has 0 atom stereocenters. The molecule has 0 aliphatic rings. The molecular weight excluding hydrogens is 192 g/mol. The van der Waals surface area contributed by atoms with E-state index in [0.717, 1.165) is 6.42 Å². The zero-order valence-electron chi connectivity index (χ0n) is 11.2. The van der Waals surface area contributed by atoms with Gasteiger partial charge < -0.3 is 0 Å². The van der Waals surface area contributed by atoms with Gasteiger partial charge in [0.2, 0.25) is 0 Å². The van der Waals surface area contributed by atoms with Crippen LogP contribution in [-0.2, 0) is 6.42 Å². The standard InChI is InChI=1S/C16H24/c1-13(2)6-7-14-8-10-15(11-9-14)12-16(3,4)5/h6-11,13H,12H2,1-5H3/b7-6+. The second-order valence-corrected chi connectivity index (χ2v) is 6.08. The van der Waals surface area contributed by atoms with Crippen molar-refractivity contribution in [1.29, 1.82) is 0 Å². The third-order valence-electron chi connectivity index (χ3n) is 2.39. The Morgan fingerprint density at radius 1 is 1.06 bits per heavy atom. The van der Waals surface area contributed by atoms with Crippen molar-refractivity contribution >= 4 is 6.08 Å². The minimum atomic E-state index is 0.370. The summed E-state index contributed by atoms with van der Waals surface area (Å²) in [4.78, 5) is 0. The van der Waals surface area contributed by atoms with Crippen LogP contribution in [0.4, 0.5) is 0 Å². The molecule has 16 heavy (non-hydrogen) atoms. The van der Waals surface area contributed by atoms with E-state index in [9.17, 15) is 0 Å². The monoisotopic (exact) mass is 216 g/mol. The highest BCUT2D eigenvalue weighted by molar-refractivity contribution is 5.49. The van der Waals surface area contributed by atoms with Gasteiger partial charge in [0.05, 0.1) is 0 Å². The van der Waals surface area contributed by atoms with Gasteiger partial charge in [-0.3, -0.25) is 0 Å². The van der Waals surface area contributed by atoms with E-state index in [1.807, 2.05) is 0 Å². The van der Waals surface area contributed by atoms with Crippen LogP contribution in [0, 0.1) is 11.3 Å². The van der Waals surface area contributed by atoms with Gasteiger partial charge in [-0.05, 0) is 28.9 Å². The van der Waals surface area contributed by atoms with Crippen LogP contribution in [0.3, 0.4) is 0 Å². The molecule has 1 aromatic rings. The summed E-state index contributed by atoms with van der Waals surface area (Å²) in [6.45, 7) is 11.2. The maximum Gasteiger partial charge on any atom is -0.0230 e. The summed E-state index contributed by atoms with van der Waals surface area (Å²) in [6, 6.07) is 8.90. The molecule has 0 amide bonds. The molecule has 1 rings (SSSR count). The molecule has 0 saturated heterocycles. The second kappa shape index (κ2) is 5.34. The molecule has 88 valence electrons. The third kappa shape index (κ3) is 5.16. The Bertz CT molecular complexity index is 333. The van der Waals surface area contributed by atoms with Crippen LogP contribution in [0.25, 0.3) is 6.08 Å². The van der Waals surface area contributed by atoms with Crippen molar-refractivity contribution in [2.75, 3.05) is 0 Å². The molecule has 0 fully saturated rings. The lowest BCUT2D eigenvalue weighted by Crippen LogP contribution is -2.08. The SMILES string of the molecule is CC(C)/C=C/c1ccc(CC(C)(C)C)cc1. The quantitative estimate of drug-likeness (QED) is 0.671. The Morgan fingerprint density at radius 2 is 1.62 bits per heavy atom. The van der Waals surface area contributed by atoms with Crippen molar-refractivity contribution < 1.29 is 0 Å². The van der Waals surface area contributed by atoms with Gasteiger partial charge in [0.15, 0.2) is 0 Å². The van der Waals surface area contributed by atoms with E-state index in [0.29, 0.717) is 11.3 Å². The van der Waals surface area contributed by atoms with Crippen LogP contribution in [0.15, 0.2) is 30.3 Å². The third-order valence-corrected chi connectivity index (χ3v) is 2.39. The smallest absolute Gasteiger partial charge is 0.0230 e. The van der Waals surface area contributed by atoms with Gasteiger partial charge in [-0.15, -0.1) is 0 Å². The van der Waals surface area contributed by atoms with Gasteiger partial charge in [-0.2, -0.15) is 0 Å². The van der Waals surface area contributed by atoms with E-state index >= 15 is 0 Å². The van der Waals surface area contributed by atoms with E-state index < -0.39 is 0 Å². The van der Waals surface area contributed by atoms with E-state index in [1.54, 1.807) is 0 Å². The molecule has 0 aliphatic heterocycles. The van der Waals surface area contributed by atoms with Gasteiger partial charge in [-0.1, -0.05) is 71.0 Å². The second-order valence-electron chi connectivity index (χ2n) is 6.08. The summed E-state index contributed by atoms with van der Waals surface area (Å²) in [5.41, 5.74) is 3.09. The van der Waals surface area contributed by atoms with Crippen LogP contribution in [0.2, 0.25) is 0 Å². The van der Waals surface area contributed by atoms with Gasteiger partial charge in [0, 0.05) is 0 Å². The number of hydrogen-bond donors (Lipinski definition) is 0. The summed E-state index contributed by atoms with van der Waals surface area (Å²) in [5, 5.41) is 0. The Morgan fingerprint density at radius 3 is 2.06 bits per heavy atom. The van der Waals surface area contributed by atoms with Crippen molar-refractivity contribution in [2.45, 2.75) is 41.0 Å². The number of hydrogen-bond acceptors (Lipinski definition) is 0. The first-order valence-electron chi connectivity index (χ1n) is 6.14. The normalized spacial score (nSPS) is 12.6. The molecule has 0 nitrogen and oxygen atoms in total. The predicted octanol–water partition coefficient (Wildman–Crippen LogP) is 4.94. The van der Waals surface area contributed by atoms with E-state index in [1.165, 1.54) is 11.1 Å². The molecule has 0 heterocycles. The predicted molar refractivity (Wildman–Crippen MR) is 73.5 cm³/mol. The minimum Gasteiger partial charge on any atom is -0.0814 e. The lowest BCUT2D eigenvalue weighted by atomic mass is 9.88. The molecule has 0 aliphatic carbocycles. The van der Waals surface area contributed by atoms with Crippen LogP contribution in [-0.4, -0.2) is 0 Å². The lowest BCUT2D eigenvalue weighted by Gasteiger charge is -2.17. The van der Waals surface area contributed by atoms with Crippen molar-refractivity contribution in [3.8, 4) is 0 Å². The first-order chi connectivity index (χ1) is 7.37. The molecule has 1 aromatic carbocycles. The van der Waals surface area contributed by atoms with Crippen molar-refractivity contribution in [3.05, 3.63) is 41.5 Å². The number of allylic oxidation sites excluding steroid dienone is 1. The molecule has 0 aromatic heterocycles. The number of benzene rings is 1. The first kappa shape index (κ1) is 13.0. The van der Waals surface area contributed by atoms with E-state index in [4.69, 9.17) is 0 Å². The fraction of sp³-hybridized carbons (Fsp3) is 0.500. The molecule has 0 saturated carbocycles. The highest BCUT2D eigenvalue weighted by Gasteiger charge is 2.10. The molecule has 0 radical (unpaired) electrons. The van der Waals surface area contributed by atoms with Crippen LogP contribution < -0.4 is 0 Å². The number of rotatable bonds is 3. The lowest BCUT2D eigenvalue weighted by molar-refractivity contribution is 0.411. The summed E-state index contributed by atoms with van der Waals surface area (Å²) in [6.07, 6.45) is 5.57. The molecule has 0 spiro atoms. The Kier molecular flexibility index (Phi) is 4.35. The zero-order valence-corrected chi connectivity index (χ0v) is 11.2. The van der Waals surface area contributed by atoms with Crippen molar-refractivity contribution in [1.82, 2.24) is 0 Å². The van der Waals surface area contributed by atoms with Crippen molar-refractivity contribution in [2.24, 2.45) is 11.3 Å². The average Bonchev–Trinajstić information content (AvgIpc) is 2.14. The van der Waals surface area contributed by atoms with Crippen molar-refractivity contribution in [3.63, 3.8) is 0 Å². The molecule has 0 heteroatoms. The average molecular weight is 216 g/mol. The highest BCUT2D eigenvalue weighted by atomic mass is 14.2. The Hall–Kier alpha value is -1.04. The topological polar surface area (TPSA) is 0 Å². The maximum absolute atomic E-state index is 2.28. The molecular formula is C16H24. The highest BCUT2D eigenvalue weighted by Crippen LogP contribution is 2.20. The molecule has 0 unspecified atom stereocenters. The minimum absolute atomic E-state index is 0.370.